The highest BCUT2D eigenvalue weighted by Gasteiger charge is 2.03. The molecule has 0 saturated heterocycles. The van der Waals surface area contributed by atoms with Crippen LogP contribution in [-0.2, 0) is 0 Å². The van der Waals surface area contributed by atoms with Gasteiger partial charge in [0.1, 0.15) is 11.0 Å². The molecule has 0 atom stereocenters. The van der Waals surface area contributed by atoms with Crippen molar-refractivity contribution in [3.05, 3.63) is 47.1 Å². The lowest BCUT2D eigenvalue weighted by Crippen LogP contribution is -1.88. The molecule has 1 aromatic heterocycles. The van der Waals surface area contributed by atoms with Crippen molar-refractivity contribution < 1.29 is 4.39 Å². The van der Waals surface area contributed by atoms with Crippen LogP contribution in [0.5, 0.6) is 0 Å². The molecule has 4 heteroatoms. The first-order valence-electron chi connectivity index (χ1n) is 4.40. The van der Waals surface area contributed by atoms with Crippen molar-refractivity contribution in [1.82, 2.24) is 9.97 Å². The van der Waals surface area contributed by atoms with E-state index in [1.54, 1.807) is 6.20 Å². The topological polar surface area (TPSA) is 25.8 Å². The summed E-state index contributed by atoms with van der Waals surface area (Å²) in [7, 11) is 0. The van der Waals surface area contributed by atoms with Crippen molar-refractivity contribution in [2.45, 2.75) is 6.92 Å². The fourth-order valence-corrected chi connectivity index (χ4v) is 1.51. The fraction of sp³-hybridized carbons (Fsp3) is 0.0909. The molecule has 2 nitrogen and oxygen atoms in total. The van der Waals surface area contributed by atoms with Crippen molar-refractivity contribution in [1.29, 1.82) is 0 Å². The van der Waals surface area contributed by atoms with Crippen LogP contribution in [0.3, 0.4) is 0 Å². The molecule has 0 aliphatic rings. The standard InChI is InChI=1S/C11H8ClFN2/c1-7-2-8(4-9(13)3-7)10-5-14-6-11(12)15-10/h2-6H,1H3. The third-order valence-corrected chi connectivity index (χ3v) is 2.13. The van der Waals surface area contributed by atoms with Crippen LogP contribution < -0.4 is 0 Å². The Hall–Kier alpha value is -1.48. The van der Waals surface area contributed by atoms with E-state index in [0.29, 0.717) is 16.4 Å². The van der Waals surface area contributed by atoms with Crippen molar-refractivity contribution >= 4 is 11.6 Å². The summed E-state index contributed by atoms with van der Waals surface area (Å²) in [5.41, 5.74) is 2.10. The molecule has 0 saturated carbocycles. The van der Waals surface area contributed by atoms with E-state index in [2.05, 4.69) is 9.97 Å². The Labute approximate surface area is 91.8 Å². The molecule has 1 heterocycles. The average molecular weight is 223 g/mol. The molecule has 0 aliphatic heterocycles. The Balaban J connectivity index is 2.54. The number of nitrogens with zero attached hydrogens (tertiary/aromatic N) is 2. The van der Waals surface area contributed by atoms with Crippen molar-refractivity contribution in [2.75, 3.05) is 0 Å². The Morgan fingerprint density at radius 1 is 1.20 bits per heavy atom. The van der Waals surface area contributed by atoms with Crippen LogP contribution in [0.2, 0.25) is 5.15 Å². The molecule has 15 heavy (non-hydrogen) atoms. The Morgan fingerprint density at radius 3 is 2.67 bits per heavy atom. The third-order valence-electron chi connectivity index (χ3n) is 1.94. The maximum Gasteiger partial charge on any atom is 0.148 e. The molecule has 0 radical (unpaired) electrons. The monoisotopic (exact) mass is 222 g/mol. The minimum atomic E-state index is -0.285. The average Bonchev–Trinajstić information content (AvgIpc) is 2.16. The van der Waals surface area contributed by atoms with Gasteiger partial charge in [0.25, 0.3) is 0 Å². The van der Waals surface area contributed by atoms with Gasteiger partial charge in [-0.1, -0.05) is 11.6 Å². The van der Waals surface area contributed by atoms with Crippen LogP contribution in [0.25, 0.3) is 11.3 Å². The SMILES string of the molecule is Cc1cc(F)cc(-c2cncc(Cl)n2)c1. The molecule has 2 aromatic rings. The van der Waals surface area contributed by atoms with Crippen LogP contribution in [-0.4, -0.2) is 9.97 Å². The van der Waals surface area contributed by atoms with Gasteiger partial charge < -0.3 is 0 Å². The Bertz CT molecular complexity index is 479. The summed E-state index contributed by atoms with van der Waals surface area (Å²) >= 11 is 5.71. The molecule has 0 amide bonds. The van der Waals surface area contributed by atoms with Gasteiger partial charge in [-0.2, -0.15) is 0 Å². The van der Waals surface area contributed by atoms with Crippen LogP contribution in [0.1, 0.15) is 5.56 Å². The lowest BCUT2D eigenvalue weighted by molar-refractivity contribution is 0.627. The zero-order valence-electron chi connectivity index (χ0n) is 8.04. The summed E-state index contributed by atoms with van der Waals surface area (Å²) in [6.07, 6.45) is 3.00. The molecule has 76 valence electrons. The van der Waals surface area contributed by atoms with E-state index >= 15 is 0 Å². The van der Waals surface area contributed by atoms with Crippen LogP contribution >= 0.6 is 11.6 Å². The molecule has 0 bridgehead atoms. The van der Waals surface area contributed by atoms with Gasteiger partial charge >= 0.3 is 0 Å². The predicted octanol–water partition coefficient (Wildman–Crippen LogP) is 3.24. The normalized spacial score (nSPS) is 10.3. The van der Waals surface area contributed by atoms with Gasteiger partial charge in [0.05, 0.1) is 18.1 Å². The number of rotatable bonds is 1. The second kappa shape index (κ2) is 3.95. The Kier molecular flexibility index (Phi) is 2.64. The molecule has 0 unspecified atom stereocenters. The van der Waals surface area contributed by atoms with Crippen LogP contribution in [0, 0.1) is 12.7 Å². The fourth-order valence-electron chi connectivity index (χ4n) is 1.37. The lowest BCUT2D eigenvalue weighted by atomic mass is 10.1. The summed E-state index contributed by atoms with van der Waals surface area (Å²) in [6.45, 7) is 1.82. The first-order valence-corrected chi connectivity index (χ1v) is 4.78. The van der Waals surface area contributed by atoms with E-state index < -0.39 is 0 Å². The highest BCUT2D eigenvalue weighted by Crippen LogP contribution is 2.20. The summed E-state index contributed by atoms with van der Waals surface area (Å²) in [5.74, 6) is -0.285. The van der Waals surface area contributed by atoms with Gasteiger partial charge in [0, 0.05) is 5.56 Å². The lowest BCUT2D eigenvalue weighted by Gasteiger charge is -2.02. The molecular weight excluding hydrogens is 215 g/mol. The van der Waals surface area contributed by atoms with Crippen LogP contribution in [0.15, 0.2) is 30.6 Å². The van der Waals surface area contributed by atoms with Gasteiger partial charge in [-0.05, 0) is 30.7 Å². The van der Waals surface area contributed by atoms with E-state index in [1.165, 1.54) is 18.3 Å². The molecule has 1 aromatic carbocycles. The van der Waals surface area contributed by atoms with Crippen LogP contribution in [0.4, 0.5) is 4.39 Å². The highest BCUT2D eigenvalue weighted by molar-refractivity contribution is 6.29. The molecule has 0 N–H and O–H groups in total. The van der Waals surface area contributed by atoms with Gasteiger partial charge in [-0.25, -0.2) is 9.37 Å². The smallest absolute Gasteiger partial charge is 0.148 e. The largest absolute Gasteiger partial charge is 0.259 e. The summed E-state index contributed by atoms with van der Waals surface area (Å²) in [5, 5.41) is 0.300. The number of aromatic nitrogens is 2. The molecular formula is C11H8ClFN2. The number of halogens is 2. The van der Waals surface area contributed by atoms with Gasteiger partial charge in [0.2, 0.25) is 0 Å². The van der Waals surface area contributed by atoms with E-state index in [9.17, 15) is 4.39 Å². The summed E-state index contributed by atoms with van der Waals surface area (Å²) in [6, 6.07) is 4.71. The Morgan fingerprint density at radius 2 is 2.00 bits per heavy atom. The third kappa shape index (κ3) is 2.30. The van der Waals surface area contributed by atoms with Crippen molar-refractivity contribution in [3.63, 3.8) is 0 Å². The highest BCUT2D eigenvalue weighted by atomic mass is 35.5. The molecule has 0 fully saturated rings. The first kappa shape index (κ1) is 10.1. The maximum atomic E-state index is 13.1. The number of hydrogen-bond donors (Lipinski definition) is 0. The van der Waals surface area contributed by atoms with E-state index in [-0.39, 0.29) is 5.82 Å². The first-order chi connectivity index (χ1) is 7.15. The quantitative estimate of drug-likeness (QED) is 0.740. The van der Waals surface area contributed by atoms with E-state index in [0.717, 1.165) is 5.56 Å². The molecule has 0 aliphatic carbocycles. The summed E-state index contributed by atoms with van der Waals surface area (Å²) < 4.78 is 13.1. The molecule has 0 spiro atoms. The van der Waals surface area contributed by atoms with E-state index in [4.69, 9.17) is 11.6 Å². The van der Waals surface area contributed by atoms with Gasteiger partial charge in [0.15, 0.2) is 0 Å². The minimum Gasteiger partial charge on any atom is -0.259 e. The number of hydrogen-bond acceptors (Lipinski definition) is 2. The van der Waals surface area contributed by atoms with E-state index in [1.807, 2.05) is 13.0 Å². The predicted molar refractivity (Wildman–Crippen MR) is 57.2 cm³/mol. The number of benzene rings is 1. The second-order valence-corrected chi connectivity index (χ2v) is 3.63. The second-order valence-electron chi connectivity index (χ2n) is 3.24. The number of aryl methyl sites for hydroxylation is 1. The zero-order chi connectivity index (χ0) is 10.8. The minimum absolute atomic E-state index is 0.285. The molecule has 2 rings (SSSR count). The van der Waals surface area contributed by atoms with Gasteiger partial charge in [-0.15, -0.1) is 0 Å². The zero-order valence-corrected chi connectivity index (χ0v) is 8.79. The van der Waals surface area contributed by atoms with Crippen molar-refractivity contribution in [2.24, 2.45) is 0 Å². The summed E-state index contributed by atoms with van der Waals surface area (Å²) in [4.78, 5) is 7.96. The van der Waals surface area contributed by atoms with Crippen molar-refractivity contribution in [3.8, 4) is 11.3 Å². The maximum absolute atomic E-state index is 13.1. The van der Waals surface area contributed by atoms with Gasteiger partial charge in [-0.3, -0.25) is 4.98 Å².